The van der Waals surface area contributed by atoms with Gasteiger partial charge in [-0.3, -0.25) is 4.98 Å². The highest BCUT2D eigenvalue weighted by Crippen LogP contribution is 2.42. The van der Waals surface area contributed by atoms with Crippen LogP contribution in [-0.2, 0) is 11.3 Å². The summed E-state index contributed by atoms with van der Waals surface area (Å²) < 4.78 is 13.4. The van der Waals surface area contributed by atoms with Crippen LogP contribution in [0.1, 0.15) is 29.2 Å². The van der Waals surface area contributed by atoms with Crippen LogP contribution in [0, 0.1) is 0 Å². The fourth-order valence-corrected chi connectivity index (χ4v) is 5.34. The van der Waals surface area contributed by atoms with Gasteiger partial charge >= 0.3 is 0 Å². The summed E-state index contributed by atoms with van der Waals surface area (Å²) in [7, 11) is 0. The molecule has 3 aromatic heterocycles. The summed E-state index contributed by atoms with van der Waals surface area (Å²) in [5.74, 6) is 0.909. The highest BCUT2D eigenvalue weighted by atomic mass is 32.1. The van der Waals surface area contributed by atoms with E-state index < -0.39 is 0 Å². The third kappa shape index (κ3) is 4.31. The fraction of sp³-hybridized carbons (Fsp3) is 0.259. The molecule has 8 heteroatoms. The third-order valence-electron chi connectivity index (χ3n) is 6.68. The molecule has 0 bridgehead atoms. The number of nitrogens with zero attached hydrogens (tertiary/aromatic N) is 4. The zero-order chi connectivity index (χ0) is 23.6. The molecule has 1 N–H and O–H groups in total. The van der Waals surface area contributed by atoms with Gasteiger partial charge in [0.25, 0.3) is 0 Å². The molecule has 2 saturated heterocycles. The van der Waals surface area contributed by atoms with Gasteiger partial charge in [0.05, 0.1) is 37.8 Å². The minimum absolute atomic E-state index is 0.0726. The molecular weight excluding hydrogens is 458 g/mol. The van der Waals surface area contributed by atoms with Gasteiger partial charge in [0.1, 0.15) is 11.8 Å². The second-order valence-electron chi connectivity index (χ2n) is 8.75. The Balaban J connectivity index is 1.37. The maximum absolute atomic E-state index is 5.90. The Morgan fingerprint density at radius 3 is 2.51 bits per heavy atom. The molecule has 0 spiro atoms. The molecule has 0 aliphatic carbocycles. The lowest BCUT2D eigenvalue weighted by atomic mass is 10.0. The van der Waals surface area contributed by atoms with Crippen LogP contribution in [0.2, 0.25) is 0 Å². The standard InChI is InChI=1S/C27H27N5O2S/c35-27-29-25(23-6-1-2-12-28-23)26(24-7-3-13-31(24)19-22-5-4-16-34-22)32(27)21-10-8-20(9-11-21)30-14-17-33-18-15-30/h1-13,16,25-26H,14-15,17-19H2,(H,29,35)/t25-,26+/m1/s1. The minimum Gasteiger partial charge on any atom is -0.467 e. The summed E-state index contributed by atoms with van der Waals surface area (Å²) >= 11 is 5.90. The molecule has 35 heavy (non-hydrogen) atoms. The molecule has 0 amide bonds. The Labute approximate surface area is 209 Å². The number of furan rings is 1. The molecule has 2 atom stereocenters. The van der Waals surface area contributed by atoms with E-state index in [0.717, 1.165) is 49.1 Å². The van der Waals surface area contributed by atoms with Gasteiger partial charge in [0.15, 0.2) is 5.11 Å². The van der Waals surface area contributed by atoms with Gasteiger partial charge in [-0.2, -0.15) is 0 Å². The lowest BCUT2D eigenvalue weighted by molar-refractivity contribution is 0.122. The van der Waals surface area contributed by atoms with Crippen molar-refractivity contribution in [3.05, 3.63) is 103 Å². The second-order valence-corrected chi connectivity index (χ2v) is 9.14. The summed E-state index contributed by atoms with van der Waals surface area (Å²) in [5, 5.41) is 4.24. The van der Waals surface area contributed by atoms with Crippen LogP contribution in [-0.4, -0.2) is 41.0 Å². The third-order valence-corrected chi connectivity index (χ3v) is 6.99. The van der Waals surface area contributed by atoms with Crippen molar-refractivity contribution in [3.8, 4) is 0 Å². The van der Waals surface area contributed by atoms with E-state index in [1.807, 2.05) is 30.5 Å². The Kier molecular flexibility index (Phi) is 5.98. The number of morpholine rings is 1. The molecule has 7 nitrogen and oxygen atoms in total. The second kappa shape index (κ2) is 9.56. The van der Waals surface area contributed by atoms with Crippen molar-refractivity contribution in [2.75, 3.05) is 36.1 Å². The van der Waals surface area contributed by atoms with Gasteiger partial charge in [0.2, 0.25) is 0 Å². The van der Waals surface area contributed by atoms with Crippen LogP contribution in [0.3, 0.4) is 0 Å². The van der Waals surface area contributed by atoms with Gasteiger partial charge in [-0.15, -0.1) is 0 Å². The van der Waals surface area contributed by atoms with Crippen molar-refractivity contribution in [3.63, 3.8) is 0 Å². The van der Waals surface area contributed by atoms with E-state index in [4.69, 9.17) is 21.4 Å². The Hall–Kier alpha value is -3.62. The average Bonchev–Trinajstić information content (AvgIpc) is 3.66. The van der Waals surface area contributed by atoms with E-state index in [2.05, 4.69) is 73.3 Å². The Morgan fingerprint density at radius 1 is 0.943 bits per heavy atom. The normalized spacial score (nSPS) is 20.3. The summed E-state index contributed by atoms with van der Waals surface area (Å²) in [6.07, 6.45) is 5.64. The van der Waals surface area contributed by atoms with Crippen LogP contribution in [0.5, 0.6) is 0 Å². The van der Waals surface area contributed by atoms with Gasteiger partial charge < -0.3 is 28.8 Å². The van der Waals surface area contributed by atoms with Gasteiger partial charge in [-0.25, -0.2) is 0 Å². The van der Waals surface area contributed by atoms with Crippen molar-refractivity contribution < 1.29 is 9.15 Å². The van der Waals surface area contributed by atoms with E-state index in [1.165, 1.54) is 5.69 Å². The molecule has 0 radical (unpaired) electrons. The van der Waals surface area contributed by atoms with E-state index in [-0.39, 0.29) is 12.1 Å². The highest BCUT2D eigenvalue weighted by molar-refractivity contribution is 7.80. The molecule has 4 aromatic rings. The van der Waals surface area contributed by atoms with E-state index in [9.17, 15) is 0 Å². The summed E-state index contributed by atoms with van der Waals surface area (Å²) in [6.45, 7) is 4.00. The maximum atomic E-state index is 5.90. The quantitative estimate of drug-likeness (QED) is 0.403. The molecule has 2 fully saturated rings. The first-order valence-electron chi connectivity index (χ1n) is 11.9. The predicted molar refractivity (Wildman–Crippen MR) is 140 cm³/mol. The molecule has 5 heterocycles. The number of ether oxygens (including phenoxy) is 1. The van der Waals surface area contributed by atoms with Crippen molar-refractivity contribution in [1.29, 1.82) is 0 Å². The van der Waals surface area contributed by atoms with Crippen LogP contribution in [0.25, 0.3) is 0 Å². The van der Waals surface area contributed by atoms with Crippen LogP contribution >= 0.6 is 12.2 Å². The summed E-state index contributed by atoms with van der Waals surface area (Å²) in [6, 6.07) is 22.7. The molecular formula is C27H27N5O2S. The smallest absolute Gasteiger partial charge is 0.174 e. The topological polar surface area (TPSA) is 58.7 Å². The number of pyridine rings is 1. The number of thiocarbonyl (C=S) groups is 1. The lowest BCUT2D eigenvalue weighted by Gasteiger charge is -2.31. The summed E-state index contributed by atoms with van der Waals surface area (Å²) in [4.78, 5) is 9.24. The molecule has 2 aliphatic rings. The largest absolute Gasteiger partial charge is 0.467 e. The number of benzene rings is 1. The predicted octanol–water partition coefficient (Wildman–Crippen LogP) is 4.54. The molecule has 1 aromatic carbocycles. The maximum Gasteiger partial charge on any atom is 0.174 e. The van der Waals surface area contributed by atoms with E-state index in [0.29, 0.717) is 11.7 Å². The van der Waals surface area contributed by atoms with Crippen molar-refractivity contribution >= 4 is 28.7 Å². The Bertz CT molecular complexity index is 1270. The molecule has 178 valence electrons. The molecule has 6 rings (SSSR count). The average molecular weight is 486 g/mol. The number of anilines is 2. The summed E-state index contributed by atoms with van der Waals surface area (Å²) in [5.41, 5.74) is 4.35. The Morgan fingerprint density at radius 2 is 1.77 bits per heavy atom. The number of aromatic nitrogens is 2. The zero-order valence-corrected chi connectivity index (χ0v) is 20.1. The van der Waals surface area contributed by atoms with Crippen LogP contribution < -0.4 is 15.1 Å². The lowest BCUT2D eigenvalue weighted by Crippen LogP contribution is -2.36. The van der Waals surface area contributed by atoms with Gasteiger partial charge in [0, 0.05) is 42.6 Å². The van der Waals surface area contributed by atoms with Crippen LogP contribution in [0.4, 0.5) is 11.4 Å². The number of nitrogens with one attached hydrogen (secondary N) is 1. The monoisotopic (exact) mass is 485 g/mol. The first-order valence-corrected chi connectivity index (χ1v) is 12.3. The fourth-order valence-electron chi connectivity index (χ4n) is 4.99. The van der Waals surface area contributed by atoms with Gasteiger partial charge in [-0.1, -0.05) is 6.07 Å². The SMILES string of the molecule is S=C1N[C@H](c2ccccn2)[C@H](c2cccn2Cc2ccco2)N1c1ccc(N2CCOCC2)cc1. The van der Waals surface area contributed by atoms with Gasteiger partial charge in [-0.05, 0) is 72.9 Å². The number of hydrogen-bond acceptors (Lipinski definition) is 5. The molecule has 2 aliphatic heterocycles. The number of hydrogen-bond donors (Lipinski definition) is 1. The van der Waals surface area contributed by atoms with Crippen LogP contribution in [0.15, 0.2) is 89.8 Å². The van der Waals surface area contributed by atoms with E-state index in [1.54, 1.807) is 6.26 Å². The minimum atomic E-state index is -0.0899. The van der Waals surface area contributed by atoms with Crippen molar-refractivity contribution in [2.24, 2.45) is 0 Å². The highest BCUT2D eigenvalue weighted by Gasteiger charge is 2.42. The van der Waals surface area contributed by atoms with Crippen molar-refractivity contribution in [1.82, 2.24) is 14.9 Å². The first kappa shape index (κ1) is 21.9. The van der Waals surface area contributed by atoms with Crippen molar-refractivity contribution in [2.45, 2.75) is 18.6 Å². The zero-order valence-electron chi connectivity index (χ0n) is 19.3. The van der Waals surface area contributed by atoms with E-state index >= 15 is 0 Å². The first-order chi connectivity index (χ1) is 17.3. The molecule has 0 saturated carbocycles. The number of rotatable bonds is 6. The molecule has 0 unspecified atom stereocenters.